The Labute approximate surface area is 164 Å². The normalized spacial score (nSPS) is 15.8. The SMILES string of the molecule is CC(=O)Nc1ccc(Cl)c(C(=O)NC(CCC(=O)O)CC2CCCCC2)c1. The van der Waals surface area contributed by atoms with Gasteiger partial charge in [0.1, 0.15) is 0 Å². The Morgan fingerprint density at radius 1 is 1.22 bits per heavy atom. The second-order valence-electron chi connectivity index (χ2n) is 7.22. The third kappa shape index (κ3) is 7.21. The zero-order chi connectivity index (χ0) is 19.8. The Bertz CT molecular complexity index is 687. The van der Waals surface area contributed by atoms with Gasteiger partial charge >= 0.3 is 5.97 Å². The van der Waals surface area contributed by atoms with Gasteiger partial charge in [0.25, 0.3) is 5.91 Å². The molecule has 27 heavy (non-hydrogen) atoms. The molecule has 1 aliphatic carbocycles. The smallest absolute Gasteiger partial charge is 0.303 e. The summed E-state index contributed by atoms with van der Waals surface area (Å²) >= 11 is 6.16. The maximum absolute atomic E-state index is 12.7. The van der Waals surface area contributed by atoms with Gasteiger partial charge in [-0.15, -0.1) is 0 Å². The molecule has 1 unspecified atom stereocenters. The highest BCUT2D eigenvalue weighted by molar-refractivity contribution is 6.34. The molecule has 0 saturated heterocycles. The van der Waals surface area contributed by atoms with Crippen molar-refractivity contribution in [1.29, 1.82) is 0 Å². The van der Waals surface area contributed by atoms with Crippen LogP contribution in [0, 0.1) is 5.92 Å². The van der Waals surface area contributed by atoms with Crippen LogP contribution in [0.5, 0.6) is 0 Å². The summed E-state index contributed by atoms with van der Waals surface area (Å²) < 4.78 is 0. The van der Waals surface area contributed by atoms with Gasteiger partial charge in [-0.05, 0) is 37.0 Å². The number of halogens is 1. The fourth-order valence-corrected chi connectivity index (χ4v) is 3.82. The van der Waals surface area contributed by atoms with Crippen molar-refractivity contribution < 1.29 is 19.5 Å². The second-order valence-corrected chi connectivity index (χ2v) is 7.63. The van der Waals surface area contributed by atoms with Gasteiger partial charge < -0.3 is 15.7 Å². The van der Waals surface area contributed by atoms with Gasteiger partial charge in [0.2, 0.25) is 5.91 Å². The van der Waals surface area contributed by atoms with E-state index >= 15 is 0 Å². The predicted octanol–water partition coefficient (Wildman–Crippen LogP) is 4.23. The maximum Gasteiger partial charge on any atom is 0.303 e. The molecular formula is C20H27ClN2O4. The Hall–Kier alpha value is -2.08. The summed E-state index contributed by atoms with van der Waals surface area (Å²) in [5, 5.41) is 14.9. The Morgan fingerprint density at radius 2 is 1.93 bits per heavy atom. The van der Waals surface area contributed by atoms with Gasteiger partial charge in [0.15, 0.2) is 0 Å². The molecular weight excluding hydrogens is 368 g/mol. The molecule has 0 aliphatic heterocycles. The number of hydrogen-bond acceptors (Lipinski definition) is 3. The van der Waals surface area contributed by atoms with E-state index < -0.39 is 5.97 Å². The molecule has 148 valence electrons. The lowest BCUT2D eigenvalue weighted by Crippen LogP contribution is -2.37. The molecule has 1 saturated carbocycles. The number of benzene rings is 1. The molecule has 1 atom stereocenters. The van der Waals surface area contributed by atoms with Crippen LogP contribution in [0.3, 0.4) is 0 Å². The lowest BCUT2D eigenvalue weighted by Gasteiger charge is -2.27. The van der Waals surface area contributed by atoms with E-state index in [1.54, 1.807) is 12.1 Å². The standard InChI is InChI=1S/C20H27ClN2O4/c1-13(24)22-16-7-9-18(21)17(12-16)20(27)23-15(8-10-19(25)26)11-14-5-3-2-4-6-14/h7,9,12,14-15H,2-6,8,10-11H2,1H3,(H,22,24)(H,23,27)(H,25,26). The second kappa shape index (κ2) is 10.3. The van der Waals surface area contributed by atoms with Gasteiger partial charge in [-0.3, -0.25) is 14.4 Å². The number of anilines is 1. The Balaban J connectivity index is 2.08. The van der Waals surface area contributed by atoms with Crippen molar-refractivity contribution in [3.63, 3.8) is 0 Å². The summed E-state index contributed by atoms with van der Waals surface area (Å²) in [6.07, 6.45) is 7.05. The first-order valence-electron chi connectivity index (χ1n) is 9.45. The lowest BCUT2D eigenvalue weighted by atomic mass is 9.84. The highest BCUT2D eigenvalue weighted by atomic mass is 35.5. The molecule has 2 rings (SSSR count). The van der Waals surface area contributed by atoms with Crippen molar-refractivity contribution in [2.24, 2.45) is 5.92 Å². The minimum atomic E-state index is -0.872. The highest BCUT2D eigenvalue weighted by Gasteiger charge is 2.22. The summed E-state index contributed by atoms with van der Waals surface area (Å²) in [6, 6.07) is 4.52. The molecule has 1 aromatic carbocycles. The van der Waals surface area contributed by atoms with Crippen molar-refractivity contribution in [1.82, 2.24) is 5.32 Å². The first-order valence-corrected chi connectivity index (χ1v) is 9.82. The number of rotatable bonds is 8. The number of carbonyl (C=O) groups excluding carboxylic acids is 2. The van der Waals surface area contributed by atoms with Crippen LogP contribution < -0.4 is 10.6 Å². The number of carboxylic acid groups (broad SMARTS) is 1. The van der Waals surface area contributed by atoms with E-state index in [0.717, 1.165) is 19.3 Å². The van der Waals surface area contributed by atoms with Crippen molar-refractivity contribution in [2.75, 3.05) is 5.32 Å². The van der Waals surface area contributed by atoms with Crippen molar-refractivity contribution in [3.05, 3.63) is 28.8 Å². The quantitative estimate of drug-likeness (QED) is 0.614. The van der Waals surface area contributed by atoms with Gasteiger partial charge in [-0.2, -0.15) is 0 Å². The monoisotopic (exact) mass is 394 g/mol. The minimum Gasteiger partial charge on any atom is -0.481 e. The largest absolute Gasteiger partial charge is 0.481 e. The average molecular weight is 395 g/mol. The summed E-state index contributed by atoms with van der Waals surface area (Å²) in [5.74, 6) is -0.943. The molecule has 1 fully saturated rings. The van der Waals surface area contributed by atoms with Crippen LogP contribution in [0.2, 0.25) is 5.02 Å². The van der Waals surface area contributed by atoms with Crippen LogP contribution in [0.15, 0.2) is 18.2 Å². The first-order chi connectivity index (χ1) is 12.8. The fraction of sp³-hybridized carbons (Fsp3) is 0.550. The topological polar surface area (TPSA) is 95.5 Å². The molecule has 2 amide bonds. The number of carboxylic acids is 1. The molecule has 1 aromatic rings. The van der Waals surface area contributed by atoms with E-state index in [-0.39, 0.29) is 34.9 Å². The van der Waals surface area contributed by atoms with E-state index in [2.05, 4.69) is 10.6 Å². The Morgan fingerprint density at radius 3 is 2.56 bits per heavy atom. The van der Waals surface area contributed by atoms with Crippen LogP contribution in [-0.4, -0.2) is 28.9 Å². The van der Waals surface area contributed by atoms with Crippen molar-refractivity contribution in [2.45, 2.75) is 64.3 Å². The van der Waals surface area contributed by atoms with Crippen molar-refractivity contribution >= 4 is 35.1 Å². The molecule has 0 aromatic heterocycles. The number of amides is 2. The van der Waals surface area contributed by atoms with E-state index in [1.165, 1.54) is 32.3 Å². The molecule has 1 aliphatic rings. The van der Waals surface area contributed by atoms with E-state index in [9.17, 15) is 14.4 Å². The molecule has 0 bridgehead atoms. The lowest BCUT2D eigenvalue weighted by molar-refractivity contribution is -0.137. The molecule has 0 radical (unpaired) electrons. The van der Waals surface area contributed by atoms with Gasteiger partial charge in [0.05, 0.1) is 10.6 Å². The number of hydrogen-bond donors (Lipinski definition) is 3. The molecule has 0 heterocycles. The van der Waals surface area contributed by atoms with Crippen LogP contribution in [0.1, 0.15) is 68.6 Å². The van der Waals surface area contributed by atoms with E-state index in [0.29, 0.717) is 18.0 Å². The number of aliphatic carboxylic acids is 1. The van der Waals surface area contributed by atoms with Gasteiger partial charge in [0, 0.05) is 25.1 Å². The molecule has 0 spiro atoms. The van der Waals surface area contributed by atoms with Crippen molar-refractivity contribution in [3.8, 4) is 0 Å². The third-order valence-electron chi connectivity index (χ3n) is 4.92. The summed E-state index contributed by atoms with van der Waals surface area (Å²) in [6.45, 7) is 1.39. The zero-order valence-electron chi connectivity index (χ0n) is 15.6. The number of nitrogens with one attached hydrogen (secondary N) is 2. The number of carbonyl (C=O) groups is 3. The van der Waals surface area contributed by atoms with Crippen LogP contribution in [-0.2, 0) is 9.59 Å². The predicted molar refractivity (Wildman–Crippen MR) is 105 cm³/mol. The summed E-state index contributed by atoms with van der Waals surface area (Å²) in [7, 11) is 0. The Kier molecular flexibility index (Phi) is 8.10. The molecule has 7 heteroatoms. The van der Waals surface area contributed by atoms with Crippen LogP contribution in [0.4, 0.5) is 5.69 Å². The average Bonchev–Trinajstić information content (AvgIpc) is 2.61. The third-order valence-corrected chi connectivity index (χ3v) is 5.25. The minimum absolute atomic E-state index is 0.0112. The molecule has 6 nitrogen and oxygen atoms in total. The van der Waals surface area contributed by atoms with Gasteiger partial charge in [-0.25, -0.2) is 0 Å². The summed E-state index contributed by atoms with van der Waals surface area (Å²) in [5.41, 5.74) is 0.762. The molecule has 3 N–H and O–H groups in total. The van der Waals surface area contributed by atoms with Gasteiger partial charge in [-0.1, -0.05) is 43.7 Å². The first kappa shape index (κ1) is 21.2. The van der Waals surface area contributed by atoms with Crippen LogP contribution in [0.25, 0.3) is 0 Å². The maximum atomic E-state index is 12.7. The summed E-state index contributed by atoms with van der Waals surface area (Å²) in [4.78, 5) is 35.0. The zero-order valence-corrected chi connectivity index (χ0v) is 16.3. The van der Waals surface area contributed by atoms with E-state index in [4.69, 9.17) is 16.7 Å². The van der Waals surface area contributed by atoms with E-state index in [1.807, 2.05) is 0 Å². The van der Waals surface area contributed by atoms with Crippen LogP contribution >= 0.6 is 11.6 Å². The highest BCUT2D eigenvalue weighted by Crippen LogP contribution is 2.29. The fourth-order valence-electron chi connectivity index (χ4n) is 3.62.